The van der Waals surface area contributed by atoms with Crippen LogP contribution in [0.3, 0.4) is 0 Å². The topological polar surface area (TPSA) is 81.1 Å². The van der Waals surface area contributed by atoms with E-state index in [1.165, 1.54) is 0 Å². The van der Waals surface area contributed by atoms with Crippen LogP contribution >= 0.6 is 0 Å². The van der Waals surface area contributed by atoms with Gasteiger partial charge in [-0.15, -0.1) is 0 Å². The third-order valence-electron chi connectivity index (χ3n) is 3.73. The molecule has 0 saturated heterocycles. The van der Waals surface area contributed by atoms with Crippen LogP contribution in [0.15, 0.2) is 48.7 Å². The molecule has 7 nitrogen and oxygen atoms in total. The Morgan fingerprint density at radius 1 is 1.12 bits per heavy atom. The molecule has 2 amide bonds. The molecule has 0 spiro atoms. The Bertz CT molecular complexity index is 832. The highest BCUT2D eigenvalue weighted by Crippen LogP contribution is 2.19. The van der Waals surface area contributed by atoms with E-state index in [2.05, 4.69) is 20.6 Å². The van der Waals surface area contributed by atoms with E-state index >= 15 is 0 Å². The molecular formula is C18H21N5O2. The van der Waals surface area contributed by atoms with Crippen molar-refractivity contribution in [3.8, 4) is 5.69 Å². The lowest BCUT2D eigenvalue weighted by Crippen LogP contribution is -2.38. The molecule has 2 N–H and O–H groups in total. The van der Waals surface area contributed by atoms with Gasteiger partial charge in [0.15, 0.2) is 5.65 Å². The first-order chi connectivity index (χ1) is 12.3. The second-order valence-electron chi connectivity index (χ2n) is 5.47. The number of aromatic nitrogens is 3. The molecule has 0 fully saturated rings. The van der Waals surface area contributed by atoms with Crippen LogP contribution < -0.4 is 10.6 Å². The van der Waals surface area contributed by atoms with Gasteiger partial charge < -0.3 is 15.4 Å². The molecule has 3 rings (SSSR count). The molecule has 130 valence electrons. The molecule has 2 heterocycles. The zero-order valence-corrected chi connectivity index (χ0v) is 14.1. The Morgan fingerprint density at radius 2 is 1.92 bits per heavy atom. The minimum Gasteiger partial charge on any atom is -0.383 e. The molecule has 7 heteroatoms. The highest BCUT2D eigenvalue weighted by atomic mass is 16.5. The van der Waals surface area contributed by atoms with Crippen LogP contribution in [0.5, 0.6) is 0 Å². The van der Waals surface area contributed by atoms with E-state index in [4.69, 9.17) is 4.74 Å². The highest BCUT2D eigenvalue weighted by Gasteiger charge is 2.13. The minimum absolute atomic E-state index is 0.211. The summed E-state index contributed by atoms with van der Waals surface area (Å²) in [5.74, 6) is 0.858. The number of nitrogens with one attached hydrogen (secondary N) is 2. The third-order valence-corrected chi connectivity index (χ3v) is 3.73. The normalized spacial score (nSPS) is 10.8. The van der Waals surface area contributed by atoms with Crippen LogP contribution in [-0.2, 0) is 11.2 Å². The number of rotatable bonds is 7. The maximum atomic E-state index is 11.7. The number of benzene rings is 1. The van der Waals surface area contributed by atoms with Crippen LogP contribution in [0.25, 0.3) is 16.9 Å². The van der Waals surface area contributed by atoms with Crippen molar-refractivity contribution < 1.29 is 9.53 Å². The van der Waals surface area contributed by atoms with Gasteiger partial charge in [-0.25, -0.2) is 14.8 Å². The lowest BCUT2D eigenvalue weighted by Gasteiger charge is -2.10. The van der Waals surface area contributed by atoms with Crippen molar-refractivity contribution in [2.45, 2.75) is 6.42 Å². The molecule has 0 aliphatic heterocycles. The number of hydrogen-bond acceptors (Lipinski definition) is 4. The molecule has 0 aliphatic carbocycles. The molecule has 2 aromatic heterocycles. The number of fused-ring (bicyclic) bond motifs is 1. The summed E-state index contributed by atoms with van der Waals surface area (Å²) in [6.07, 6.45) is 2.36. The van der Waals surface area contributed by atoms with E-state index in [1.807, 2.05) is 47.0 Å². The van der Waals surface area contributed by atoms with Crippen LogP contribution in [0.4, 0.5) is 4.79 Å². The average molecular weight is 339 g/mol. The van der Waals surface area contributed by atoms with Crippen molar-refractivity contribution >= 4 is 17.2 Å². The van der Waals surface area contributed by atoms with Gasteiger partial charge in [0.2, 0.25) is 0 Å². The summed E-state index contributed by atoms with van der Waals surface area (Å²) in [5, 5.41) is 5.56. The Kier molecular flexibility index (Phi) is 5.58. The average Bonchev–Trinajstić information content (AvgIpc) is 3.01. The van der Waals surface area contributed by atoms with E-state index in [0.717, 1.165) is 22.7 Å². The number of methoxy groups -OCH3 is 1. The Labute approximate surface area is 146 Å². The van der Waals surface area contributed by atoms with Crippen molar-refractivity contribution in [1.82, 2.24) is 25.2 Å². The Balaban J connectivity index is 1.74. The van der Waals surface area contributed by atoms with Crippen molar-refractivity contribution in [2.24, 2.45) is 0 Å². The first-order valence-corrected chi connectivity index (χ1v) is 8.18. The van der Waals surface area contributed by atoms with Gasteiger partial charge in [0.1, 0.15) is 11.3 Å². The maximum absolute atomic E-state index is 11.7. The van der Waals surface area contributed by atoms with Crippen molar-refractivity contribution in [1.29, 1.82) is 0 Å². The van der Waals surface area contributed by atoms with Gasteiger partial charge in [-0.05, 0) is 24.3 Å². The molecule has 1 aromatic carbocycles. The number of nitrogens with zero attached hydrogens (tertiary/aromatic N) is 3. The quantitative estimate of drug-likeness (QED) is 0.644. The van der Waals surface area contributed by atoms with E-state index in [-0.39, 0.29) is 6.03 Å². The fourth-order valence-electron chi connectivity index (χ4n) is 2.59. The number of ether oxygens (including phenoxy) is 1. The number of hydrogen-bond donors (Lipinski definition) is 2. The minimum atomic E-state index is -0.211. The molecule has 0 aliphatic rings. The van der Waals surface area contributed by atoms with E-state index in [0.29, 0.717) is 26.1 Å². The Morgan fingerprint density at radius 3 is 2.72 bits per heavy atom. The van der Waals surface area contributed by atoms with Crippen molar-refractivity contribution in [3.63, 3.8) is 0 Å². The molecule has 3 aromatic rings. The van der Waals surface area contributed by atoms with Gasteiger partial charge in [0.25, 0.3) is 0 Å². The predicted molar refractivity (Wildman–Crippen MR) is 95.8 cm³/mol. The van der Waals surface area contributed by atoms with Crippen LogP contribution in [0.1, 0.15) is 5.82 Å². The van der Waals surface area contributed by atoms with Gasteiger partial charge in [-0.2, -0.15) is 0 Å². The molecule has 0 saturated carbocycles. The van der Waals surface area contributed by atoms with E-state index in [9.17, 15) is 4.79 Å². The van der Waals surface area contributed by atoms with Gasteiger partial charge in [-0.1, -0.05) is 18.2 Å². The molecule has 0 unspecified atom stereocenters. The first kappa shape index (κ1) is 16.9. The second-order valence-corrected chi connectivity index (χ2v) is 5.47. The van der Waals surface area contributed by atoms with Crippen LogP contribution in [0, 0.1) is 0 Å². The SMILES string of the molecule is COCCNC(=O)NCCc1nc2cccnc2n1-c1ccccc1. The van der Waals surface area contributed by atoms with Gasteiger partial charge >= 0.3 is 6.03 Å². The number of pyridine rings is 1. The van der Waals surface area contributed by atoms with Crippen molar-refractivity contribution in [3.05, 3.63) is 54.5 Å². The van der Waals surface area contributed by atoms with Gasteiger partial charge in [0, 0.05) is 38.5 Å². The molecule has 0 radical (unpaired) electrons. The highest BCUT2D eigenvalue weighted by molar-refractivity contribution is 5.74. The summed E-state index contributed by atoms with van der Waals surface area (Å²) in [4.78, 5) is 20.8. The van der Waals surface area contributed by atoms with Crippen LogP contribution in [-0.4, -0.2) is 47.4 Å². The molecular weight excluding hydrogens is 318 g/mol. The summed E-state index contributed by atoms with van der Waals surface area (Å²) >= 11 is 0. The summed E-state index contributed by atoms with van der Waals surface area (Å²) in [7, 11) is 1.60. The van der Waals surface area contributed by atoms with E-state index < -0.39 is 0 Å². The third kappa shape index (κ3) is 4.13. The molecule has 0 bridgehead atoms. The largest absolute Gasteiger partial charge is 0.383 e. The monoisotopic (exact) mass is 339 g/mol. The fraction of sp³-hybridized carbons (Fsp3) is 0.278. The Hall–Kier alpha value is -2.93. The number of carbonyl (C=O) groups excluding carboxylic acids is 1. The summed E-state index contributed by atoms with van der Waals surface area (Å²) < 4.78 is 6.93. The first-order valence-electron chi connectivity index (χ1n) is 8.18. The van der Waals surface area contributed by atoms with Gasteiger partial charge in [-0.3, -0.25) is 4.57 Å². The number of para-hydroxylation sites is 1. The van der Waals surface area contributed by atoms with Gasteiger partial charge in [0.05, 0.1) is 6.61 Å². The fourth-order valence-corrected chi connectivity index (χ4v) is 2.59. The summed E-state index contributed by atoms with van der Waals surface area (Å²) in [6.45, 7) is 1.45. The van der Waals surface area contributed by atoms with Crippen molar-refractivity contribution in [2.75, 3.05) is 26.8 Å². The summed E-state index contributed by atoms with van der Waals surface area (Å²) in [6, 6.07) is 13.6. The lowest BCUT2D eigenvalue weighted by atomic mass is 10.3. The zero-order valence-electron chi connectivity index (χ0n) is 14.1. The van der Waals surface area contributed by atoms with E-state index in [1.54, 1.807) is 13.3 Å². The number of carbonyl (C=O) groups is 1. The molecule has 0 atom stereocenters. The number of imidazole rings is 1. The lowest BCUT2D eigenvalue weighted by molar-refractivity contribution is 0.196. The number of urea groups is 1. The standard InChI is InChI=1S/C18H21N5O2/c1-25-13-12-21-18(24)20-11-9-16-22-15-8-5-10-19-17(15)23(16)14-6-3-2-4-7-14/h2-8,10H,9,11-13H2,1H3,(H2,20,21,24). The smallest absolute Gasteiger partial charge is 0.314 e. The summed E-state index contributed by atoms with van der Waals surface area (Å²) in [5.41, 5.74) is 2.65. The zero-order chi connectivity index (χ0) is 17.5. The van der Waals surface area contributed by atoms with Crippen LogP contribution in [0.2, 0.25) is 0 Å². The second kappa shape index (κ2) is 8.25. The maximum Gasteiger partial charge on any atom is 0.314 e. The molecule has 25 heavy (non-hydrogen) atoms. The predicted octanol–water partition coefficient (Wildman–Crippen LogP) is 1.91. The number of amides is 2.